The summed E-state index contributed by atoms with van der Waals surface area (Å²) in [5, 5.41) is 1.44. The van der Waals surface area contributed by atoms with E-state index in [1.165, 1.54) is 21.8 Å². The molecule has 1 saturated heterocycles. The van der Waals surface area contributed by atoms with Crippen molar-refractivity contribution in [1.82, 2.24) is 9.62 Å². The molecule has 3 rings (SSSR count). The van der Waals surface area contributed by atoms with E-state index in [9.17, 15) is 35.6 Å². The monoisotopic (exact) mass is 501 g/mol. The van der Waals surface area contributed by atoms with E-state index in [0.717, 1.165) is 29.6 Å². The minimum absolute atomic E-state index is 0.0275. The molecule has 0 unspecified atom stereocenters. The molecule has 184 valence electrons. The molecule has 12 heteroatoms. The Morgan fingerprint density at radius 1 is 1.00 bits per heavy atom. The van der Waals surface area contributed by atoms with Gasteiger partial charge in [-0.1, -0.05) is 36.8 Å². The van der Waals surface area contributed by atoms with E-state index >= 15 is 0 Å². The number of hydrogen-bond acceptors (Lipinski definition) is 4. The first-order chi connectivity index (χ1) is 16.0. The van der Waals surface area contributed by atoms with Crippen LogP contribution in [0.15, 0.2) is 48.5 Å². The maximum atomic E-state index is 14.9. The van der Waals surface area contributed by atoms with Gasteiger partial charge >= 0.3 is 22.3 Å². The summed E-state index contributed by atoms with van der Waals surface area (Å²) in [7, 11) is -3.97. The van der Waals surface area contributed by atoms with Crippen molar-refractivity contribution in [2.45, 2.75) is 32.0 Å². The molecule has 0 saturated carbocycles. The number of ketones is 1. The number of Topliss-reactive ketones (excluding diaryl/α,β-unsaturated/α-hetero) is 1. The van der Waals surface area contributed by atoms with Crippen LogP contribution in [0.1, 0.15) is 35.2 Å². The zero-order valence-electron chi connectivity index (χ0n) is 18.0. The summed E-state index contributed by atoms with van der Waals surface area (Å²) in [6.45, 7) is -0.610. The molecule has 0 radical (unpaired) electrons. The lowest BCUT2D eigenvalue weighted by atomic mass is 10.1. The Labute approximate surface area is 194 Å². The van der Waals surface area contributed by atoms with Crippen LogP contribution in [0.3, 0.4) is 0 Å². The van der Waals surface area contributed by atoms with E-state index in [1.54, 1.807) is 30.3 Å². The average Bonchev–Trinajstić information content (AvgIpc) is 2.81. The average molecular weight is 502 g/mol. The number of nitrogens with zero attached hydrogens (tertiary/aromatic N) is 2. The fourth-order valence-corrected chi connectivity index (χ4v) is 5.19. The minimum Gasteiger partial charge on any atom is -0.341 e. The summed E-state index contributed by atoms with van der Waals surface area (Å²) < 4.78 is 80.8. The lowest BCUT2D eigenvalue weighted by molar-refractivity contribution is -0.173. The highest BCUT2D eigenvalue weighted by atomic mass is 32.2. The first-order valence-corrected chi connectivity index (χ1v) is 11.9. The van der Waals surface area contributed by atoms with Crippen LogP contribution in [0.4, 0.5) is 23.2 Å². The van der Waals surface area contributed by atoms with Crippen LogP contribution in [0.2, 0.25) is 0 Å². The Hall–Kier alpha value is -2.99. The predicted molar refractivity (Wildman–Crippen MR) is 117 cm³/mol. The van der Waals surface area contributed by atoms with Gasteiger partial charge in [0.1, 0.15) is 5.82 Å². The normalized spacial score (nSPS) is 15.1. The molecule has 1 fully saturated rings. The molecule has 0 aromatic heterocycles. The molecule has 1 amide bonds. The quantitative estimate of drug-likeness (QED) is 0.444. The van der Waals surface area contributed by atoms with Crippen molar-refractivity contribution in [2.75, 3.05) is 23.9 Å². The summed E-state index contributed by atoms with van der Waals surface area (Å²) in [6, 6.07) is 11.4. The minimum atomic E-state index is -5.14. The number of piperidine rings is 1. The van der Waals surface area contributed by atoms with E-state index in [2.05, 4.69) is 0 Å². The van der Waals surface area contributed by atoms with E-state index in [0.29, 0.717) is 18.8 Å². The Morgan fingerprint density at radius 3 is 2.24 bits per heavy atom. The number of carbonyl (C=O) groups excluding carboxylic acids is 2. The fraction of sp³-hybridized carbons (Fsp3) is 0.364. The molecule has 1 aliphatic rings. The molecule has 2 aromatic rings. The van der Waals surface area contributed by atoms with E-state index in [4.69, 9.17) is 0 Å². The molecule has 34 heavy (non-hydrogen) atoms. The second-order valence-corrected chi connectivity index (χ2v) is 9.57. The van der Waals surface area contributed by atoms with Crippen molar-refractivity contribution in [2.24, 2.45) is 0 Å². The van der Waals surface area contributed by atoms with Gasteiger partial charge in [0.15, 0.2) is 5.78 Å². The molecule has 1 N–H and O–H groups in total. The molecule has 2 aromatic carbocycles. The fourth-order valence-electron chi connectivity index (χ4n) is 3.50. The van der Waals surface area contributed by atoms with Crippen molar-refractivity contribution in [1.29, 1.82) is 0 Å². The molecule has 7 nitrogen and oxygen atoms in total. The molecule has 0 spiro atoms. The largest absolute Gasteiger partial charge is 0.471 e. The maximum Gasteiger partial charge on any atom is 0.471 e. The number of halogens is 4. The third-order valence-corrected chi connectivity index (χ3v) is 7.23. The molecular formula is C22H23F4N3O4S. The number of amides is 1. The maximum absolute atomic E-state index is 14.9. The Bertz CT molecular complexity index is 1130. The highest BCUT2D eigenvalue weighted by Gasteiger charge is 2.38. The van der Waals surface area contributed by atoms with Crippen LogP contribution in [0.25, 0.3) is 0 Å². The highest BCUT2D eigenvalue weighted by Crippen LogP contribution is 2.26. The molecular weight excluding hydrogens is 478 g/mol. The van der Waals surface area contributed by atoms with Crippen LogP contribution in [0.5, 0.6) is 0 Å². The van der Waals surface area contributed by atoms with Gasteiger partial charge < -0.3 is 5.32 Å². The summed E-state index contributed by atoms with van der Waals surface area (Å²) in [6.07, 6.45) is -2.78. The second-order valence-electron chi connectivity index (χ2n) is 7.72. The molecule has 0 bridgehead atoms. The standard InChI is InChI=1S/C22H23F4N3O4S/c23-19-13-16(20(30)14-27-21(31)22(24,25)26)9-10-17(19)15-29(18-7-3-1-4-8-18)34(32,33)28-11-5-2-6-12-28/h1,3-4,7-10,13H,2,5-6,11-12,14-15H2,(H,27,31). The smallest absolute Gasteiger partial charge is 0.341 e. The summed E-state index contributed by atoms with van der Waals surface area (Å²) in [5.41, 5.74) is 0.0525. The number of anilines is 1. The van der Waals surface area contributed by atoms with Gasteiger partial charge in [0, 0.05) is 24.2 Å². The topological polar surface area (TPSA) is 86.8 Å². The van der Waals surface area contributed by atoms with Gasteiger partial charge in [0.2, 0.25) is 0 Å². The summed E-state index contributed by atoms with van der Waals surface area (Å²) in [5.74, 6) is -4.11. The molecule has 1 heterocycles. The SMILES string of the molecule is O=C(CNC(=O)C(F)(F)F)c1ccc(CN(c2ccccc2)S(=O)(=O)N2CCCCC2)c(F)c1. The number of rotatable bonds is 8. The second kappa shape index (κ2) is 10.5. The summed E-state index contributed by atoms with van der Waals surface area (Å²) in [4.78, 5) is 23.0. The molecule has 0 aliphatic carbocycles. The van der Waals surface area contributed by atoms with E-state index < -0.39 is 40.4 Å². The van der Waals surface area contributed by atoms with E-state index in [1.807, 2.05) is 0 Å². The van der Waals surface area contributed by atoms with Gasteiger partial charge in [-0.15, -0.1) is 0 Å². The number of alkyl halides is 3. The van der Waals surface area contributed by atoms with Crippen molar-refractivity contribution in [3.8, 4) is 0 Å². The first-order valence-electron chi connectivity index (χ1n) is 10.5. The zero-order valence-corrected chi connectivity index (χ0v) is 18.8. The van der Waals surface area contributed by atoms with Crippen LogP contribution in [-0.2, 0) is 21.5 Å². The third kappa shape index (κ3) is 6.11. The lowest BCUT2D eigenvalue weighted by Crippen LogP contribution is -2.46. The van der Waals surface area contributed by atoms with Gasteiger partial charge in [-0.25, -0.2) is 4.39 Å². The Morgan fingerprint density at radius 2 is 1.65 bits per heavy atom. The Kier molecular flexibility index (Phi) is 7.93. The van der Waals surface area contributed by atoms with Crippen molar-refractivity contribution in [3.63, 3.8) is 0 Å². The highest BCUT2D eigenvalue weighted by molar-refractivity contribution is 7.90. The number of benzene rings is 2. The van der Waals surface area contributed by atoms with Gasteiger partial charge in [-0.2, -0.15) is 25.9 Å². The van der Waals surface area contributed by atoms with Crippen LogP contribution in [-0.4, -0.2) is 50.2 Å². The molecule has 1 aliphatic heterocycles. The van der Waals surface area contributed by atoms with Crippen molar-refractivity contribution >= 4 is 27.6 Å². The van der Waals surface area contributed by atoms with Crippen molar-refractivity contribution < 1.29 is 35.6 Å². The van der Waals surface area contributed by atoms with Gasteiger partial charge in [0.25, 0.3) is 0 Å². The number of nitrogens with one attached hydrogen (secondary N) is 1. The molecule has 0 atom stereocenters. The summed E-state index contributed by atoms with van der Waals surface area (Å²) >= 11 is 0. The van der Waals surface area contributed by atoms with Gasteiger partial charge in [-0.05, 0) is 31.0 Å². The van der Waals surface area contributed by atoms with Crippen molar-refractivity contribution in [3.05, 3.63) is 65.5 Å². The number of hydrogen-bond donors (Lipinski definition) is 1. The lowest BCUT2D eigenvalue weighted by Gasteiger charge is -2.33. The van der Waals surface area contributed by atoms with Gasteiger partial charge in [-0.3, -0.25) is 13.9 Å². The predicted octanol–water partition coefficient (Wildman–Crippen LogP) is 3.42. The number of carbonyl (C=O) groups is 2. The van der Waals surface area contributed by atoms with E-state index in [-0.39, 0.29) is 17.7 Å². The van der Waals surface area contributed by atoms with Crippen LogP contribution in [0, 0.1) is 5.82 Å². The third-order valence-electron chi connectivity index (χ3n) is 5.32. The first kappa shape index (κ1) is 25.6. The Balaban J connectivity index is 1.82. The zero-order chi connectivity index (χ0) is 24.9. The van der Waals surface area contributed by atoms with Gasteiger partial charge in [0.05, 0.1) is 18.8 Å². The van der Waals surface area contributed by atoms with Crippen LogP contribution < -0.4 is 9.62 Å². The number of para-hydroxylation sites is 1. The van der Waals surface area contributed by atoms with Crippen LogP contribution >= 0.6 is 0 Å².